The smallest absolute Gasteiger partial charge is 0.279 e. The Kier molecular flexibility index (Phi) is 4.84. The van der Waals surface area contributed by atoms with E-state index in [1.807, 2.05) is 20.8 Å². The molecule has 1 aliphatic rings. The van der Waals surface area contributed by atoms with Crippen LogP contribution in [0.15, 0.2) is 0 Å². The number of carbonyl (C=O) groups excluding carboxylic acids is 2. The molecule has 1 amide bonds. The molecule has 0 aromatic carbocycles. The van der Waals surface area contributed by atoms with Crippen LogP contribution in [0.4, 0.5) is 4.79 Å². The van der Waals surface area contributed by atoms with Crippen molar-refractivity contribution in [2.75, 3.05) is 0 Å². The van der Waals surface area contributed by atoms with E-state index >= 15 is 0 Å². The summed E-state index contributed by atoms with van der Waals surface area (Å²) in [5.41, 5.74) is -0.215. The number of hydrogen-bond acceptors (Lipinski definition) is 3. The van der Waals surface area contributed by atoms with E-state index in [2.05, 4.69) is 5.32 Å². The molecule has 16 heavy (non-hydrogen) atoms. The lowest BCUT2D eigenvalue weighted by atomic mass is 9.88. The summed E-state index contributed by atoms with van der Waals surface area (Å²) in [6.45, 7) is 5.85. The molecule has 4 heteroatoms. The van der Waals surface area contributed by atoms with Crippen LogP contribution in [-0.4, -0.2) is 22.8 Å². The van der Waals surface area contributed by atoms with Crippen molar-refractivity contribution in [2.45, 2.75) is 57.7 Å². The highest BCUT2D eigenvalue weighted by molar-refractivity contribution is 8.14. The molecule has 1 N–H and O–H groups in total. The first kappa shape index (κ1) is 13.6. The zero-order valence-corrected chi connectivity index (χ0v) is 11.1. The van der Waals surface area contributed by atoms with Gasteiger partial charge in [-0.3, -0.25) is 4.79 Å². The molecule has 0 heterocycles. The summed E-state index contributed by atoms with van der Waals surface area (Å²) < 4.78 is 0. The Morgan fingerprint density at radius 2 is 1.94 bits per heavy atom. The van der Waals surface area contributed by atoms with E-state index < -0.39 is 6.04 Å². The lowest BCUT2D eigenvalue weighted by Gasteiger charge is -2.26. The standard InChI is InChI=1S/C12H21NO2S/c1-12(2,3)10(8-14)13-11(15)16-9-6-4-5-7-9/h8-10H,4-7H2,1-3H3,(H,13,15). The first-order valence-electron chi connectivity index (χ1n) is 5.86. The second-order valence-electron chi connectivity index (χ2n) is 5.44. The minimum Gasteiger partial charge on any atom is -0.337 e. The van der Waals surface area contributed by atoms with Gasteiger partial charge < -0.3 is 10.1 Å². The summed E-state index contributed by atoms with van der Waals surface area (Å²) in [6.07, 6.45) is 5.52. The number of carbonyl (C=O) groups is 2. The molecule has 3 nitrogen and oxygen atoms in total. The molecule has 92 valence electrons. The minimum absolute atomic E-state index is 0.0566. The molecule has 1 fully saturated rings. The van der Waals surface area contributed by atoms with Gasteiger partial charge in [-0.05, 0) is 18.3 Å². The van der Waals surface area contributed by atoms with E-state index in [0.29, 0.717) is 5.25 Å². The van der Waals surface area contributed by atoms with Crippen molar-refractivity contribution in [3.63, 3.8) is 0 Å². The van der Waals surface area contributed by atoms with Crippen molar-refractivity contribution in [2.24, 2.45) is 5.41 Å². The van der Waals surface area contributed by atoms with Crippen molar-refractivity contribution in [1.29, 1.82) is 0 Å². The van der Waals surface area contributed by atoms with E-state index in [9.17, 15) is 9.59 Å². The normalized spacial score (nSPS) is 19.4. The van der Waals surface area contributed by atoms with Gasteiger partial charge in [0.1, 0.15) is 6.29 Å². The Balaban J connectivity index is 2.39. The molecule has 1 rings (SSSR count). The van der Waals surface area contributed by atoms with E-state index in [1.165, 1.54) is 24.6 Å². The second kappa shape index (κ2) is 5.71. The summed E-state index contributed by atoms with van der Waals surface area (Å²) in [6, 6.07) is -0.395. The minimum atomic E-state index is -0.395. The van der Waals surface area contributed by atoms with Gasteiger partial charge in [-0.25, -0.2) is 0 Å². The van der Waals surface area contributed by atoms with Gasteiger partial charge >= 0.3 is 0 Å². The van der Waals surface area contributed by atoms with Gasteiger partial charge in [0.05, 0.1) is 6.04 Å². The summed E-state index contributed by atoms with van der Waals surface area (Å²) in [7, 11) is 0. The third-order valence-corrected chi connectivity index (χ3v) is 4.06. The molecule has 1 unspecified atom stereocenters. The summed E-state index contributed by atoms with van der Waals surface area (Å²) in [4.78, 5) is 22.6. The SMILES string of the molecule is CC(C)(C)C(C=O)NC(=O)SC1CCCC1. The van der Waals surface area contributed by atoms with Crippen LogP contribution in [0.2, 0.25) is 0 Å². The van der Waals surface area contributed by atoms with Gasteiger partial charge in [-0.15, -0.1) is 0 Å². The molecule has 1 atom stereocenters. The maximum absolute atomic E-state index is 11.7. The van der Waals surface area contributed by atoms with Crippen molar-refractivity contribution in [3.8, 4) is 0 Å². The Bertz CT molecular complexity index is 254. The summed E-state index contributed by atoms with van der Waals surface area (Å²) in [5.74, 6) is 0. The van der Waals surface area contributed by atoms with Crippen molar-refractivity contribution in [1.82, 2.24) is 5.32 Å². The van der Waals surface area contributed by atoms with Gasteiger partial charge in [-0.2, -0.15) is 0 Å². The molecule has 0 spiro atoms. The predicted molar refractivity (Wildman–Crippen MR) is 67.7 cm³/mol. The lowest BCUT2D eigenvalue weighted by molar-refractivity contribution is -0.111. The molecular weight excluding hydrogens is 222 g/mol. The zero-order chi connectivity index (χ0) is 12.2. The van der Waals surface area contributed by atoms with Crippen LogP contribution in [0.1, 0.15) is 46.5 Å². The molecule has 1 saturated carbocycles. The number of hydrogen-bond donors (Lipinski definition) is 1. The molecule has 0 aromatic heterocycles. The van der Waals surface area contributed by atoms with E-state index in [0.717, 1.165) is 19.1 Å². The third-order valence-electron chi connectivity index (χ3n) is 2.92. The Hall–Kier alpha value is -0.510. The van der Waals surface area contributed by atoms with Gasteiger partial charge in [0.25, 0.3) is 5.24 Å². The number of thioether (sulfide) groups is 1. The average Bonchev–Trinajstić information content (AvgIpc) is 2.64. The number of rotatable bonds is 3. The van der Waals surface area contributed by atoms with Gasteiger partial charge in [-0.1, -0.05) is 45.4 Å². The quantitative estimate of drug-likeness (QED) is 0.775. The Labute approximate surface area is 102 Å². The predicted octanol–water partition coefficient (Wildman–Crippen LogP) is 2.99. The van der Waals surface area contributed by atoms with Gasteiger partial charge in [0.2, 0.25) is 0 Å². The summed E-state index contributed by atoms with van der Waals surface area (Å²) >= 11 is 1.36. The molecular formula is C12H21NO2S. The monoisotopic (exact) mass is 243 g/mol. The van der Waals surface area contributed by atoms with E-state index in [-0.39, 0.29) is 10.7 Å². The highest BCUT2D eigenvalue weighted by Gasteiger charge is 2.27. The van der Waals surface area contributed by atoms with E-state index in [4.69, 9.17) is 0 Å². The fourth-order valence-electron chi connectivity index (χ4n) is 1.77. The van der Waals surface area contributed by atoms with Crippen LogP contribution >= 0.6 is 11.8 Å². The average molecular weight is 243 g/mol. The van der Waals surface area contributed by atoms with Gasteiger partial charge in [0.15, 0.2) is 0 Å². The number of aldehydes is 1. The highest BCUT2D eigenvalue weighted by atomic mass is 32.2. The maximum Gasteiger partial charge on any atom is 0.279 e. The van der Waals surface area contributed by atoms with Crippen LogP contribution < -0.4 is 5.32 Å². The van der Waals surface area contributed by atoms with Crippen LogP contribution in [0.5, 0.6) is 0 Å². The lowest BCUT2D eigenvalue weighted by Crippen LogP contribution is -2.43. The van der Waals surface area contributed by atoms with Crippen molar-refractivity contribution >= 4 is 23.3 Å². The summed E-state index contributed by atoms with van der Waals surface area (Å²) in [5, 5.41) is 3.18. The van der Waals surface area contributed by atoms with Crippen molar-refractivity contribution < 1.29 is 9.59 Å². The number of nitrogens with one attached hydrogen (secondary N) is 1. The Morgan fingerprint density at radius 3 is 2.38 bits per heavy atom. The molecule has 0 saturated heterocycles. The molecule has 0 bridgehead atoms. The zero-order valence-electron chi connectivity index (χ0n) is 10.3. The Morgan fingerprint density at radius 1 is 1.38 bits per heavy atom. The highest BCUT2D eigenvalue weighted by Crippen LogP contribution is 2.30. The fourth-order valence-corrected chi connectivity index (χ4v) is 2.84. The van der Waals surface area contributed by atoms with Crippen LogP contribution in [0.3, 0.4) is 0 Å². The van der Waals surface area contributed by atoms with Crippen LogP contribution in [0, 0.1) is 5.41 Å². The molecule has 0 aliphatic heterocycles. The molecule has 0 aromatic rings. The first-order valence-corrected chi connectivity index (χ1v) is 6.74. The second-order valence-corrected chi connectivity index (χ2v) is 6.71. The van der Waals surface area contributed by atoms with Gasteiger partial charge in [0, 0.05) is 5.25 Å². The van der Waals surface area contributed by atoms with Crippen LogP contribution in [0.25, 0.3) is 0 Å². The fraction of sp³-hybridized carbons (Fsp3) is 0.833. The maximum atomic E-state index is 11.7. The van der Waals surface area contributed by atoms with Crippen LogP contribution in [-0.2, 0) is 4.79 Å². The molecule has 0 radical (unpaired) electrons. The number of amides is 1. The van der Waals surface area contributed by atoms with Crippen molar-refractivity contribution in [3.05, 3.63) is 0 Å². The molecule has 1 aliphatic carbocycles. The third kappa shape index (κ3) is 4.16. The largest absolute Gasteiger partial charge is 0.337 e. The topological polar surface area (TPSA) is 46.2 Å². The first-order chi connectivity index (χ1) is 7.43. The van der Waals surface area contributed by atoms with E-state index in [1.54, 1.807) is 0 Å².